The smallest absolute Gasteiger partial charge is 0.243 e. The molecule has 1 heterocycles. The minimum Gasteiger partial charge on any atom is -0.374 e. The SMILES string of the molecule is CCc1cccc(CC)c1NC(=O)CNc1ccccc1N1CCCC1=O. The standard InChI is InChI=1S/C22H27N3O2/c1-3-16-9-7-10-17(4-2)22(16)24-20(26)15-23-18-11-5-6-12-19(18)25-14-8-13-21(25)27/h5-7,9-12,23H,3-4,8,13-15H2,1-2H3,(H,24,26). The van der Waals surface area contributed by atoms with Crippen LogP contribution in [0.1, 0.15) is 37.8 Å². The summed E-state index contributed by atoms with van der Waals surface area (Å²) < 4.78 is 0. The van der Waals surface area contributed by atoms with E-state index in [2.05, 4.69) is 36.6 Å². The highest BCUT2D eigenvalue weighted by Gasteiger charge is 2.23. The van der Waals surface area contributed by atoms with Gasteiger partial charge in [-0.3, -0.25) is 9.59 Å². The van der Waals surface area contributed by atoms with Crippen molar-refractivity contribution in [1.29, 1.82) is 0 Å². The largest absolute Gasteiger partial charge is 0.374 e. The first-order chi connectivity index (χ1) is 13.1. The van der Waals surface area contributed by atoms with Crippen molar-refractivity contribution in [3.63, 3.8) is 0 Å². The summed E-state index contributed by atoms with van der Waals surface area (Å²) >= 11 is 0. The molecule has 5 heteroatoms. The second-order valence-electron chi connectivity index (χ2n) is 6.73. The minimum atomic E-state index is -0.0897. The maximum absolute atomic E-state index is 12.6. The number of carbonyl (C=O) groups is 2. The molecule has 0 unspecified atom stereocenters. The fourth-order valence-corrected chi connectivity index (χ4v) is 3.52. The van der Waals surface area contributed by atoms with Crippen molar-refractivity contribution in [2.75, 3.05) is 28.6 Å². The molecule has 1 fully saturated rings. The second-order valence-corrected chi connectivity index (χ2v) is 6.73. The van der Waals surface area contributed by atoms with E-state index in [0.717, 1.165) is 54.0 Å². The maximum atomic E-state index is 12.6. The van der Waals surface area contributed by atoms with Crippen molar-refractivity contribution < 1.29 is 9.59 Å². The Morgan fingerprint density at radius 2 is 1.74 bits per heavy atom. The molecule has 5 nitrogen and oxygen atoms in total. The number of amides is 2. The van der Waals surface area contributed by atoms with Crippen LogP contribution in [0.4, 0.5) is 17.1 Å². The van der Waals surface area contributed by atoms with Gasteiger partial charge in [0.1, 0.15) is 0 Å². The predicted octanol–water partition coefficient (Wildman–Crippen LogP) is 3.99. The molecule has 2 aromatic rings. The van der Waals surface area contributed by atoms with Crippen LogP contribution in [0.25, 0.3) is 0 Å². The average molecular weight is 365 g/mol. The zero-order valence-electron chi connectivity index (χ0n) is 16.0. The molecule has 0 aromatic heterocycles. The Balaban J connectivity index is 1.70. The van der Waals surface area contributed by atoms with Gasteiger partial charge >= 0.3 is 0 Å². The Kier molecular flexibility index (Phi) is 6.12. The van der Waals surface area contributed by atoms with E-state index in [4.69, 9.17) is 0 Å². The summed E-state index contributed by atoms with van der Waals surface area (Å²) in [6.07, 6.45) is 3.21. The third-order valence-corrected chi connectivity index (χ3v) is 4.97. The summed E-state index contributed by atoms with van der Waals surface area (Å²) in [5.74, 6) is 0.0475. The molecule has 1 aliphatic heterocycles. The van der Waals surface area contributed by atoms with Gasteiger partial charge in [0.2, 0.25) is 11.8 Å². The van der Waals surface area contributed by atoms with Gasteiger partial charge in [0.15, 0.2) is 0 Å². The Bertz CT molecular complexity index is 810. The van der Waals surface area contributed by atoms with Gasteiger partial charge in [0, 0.05) is 18.7 Å². The van der Waals surface area contributed by atoms with Crippen LogP contribution in [0.2, 0.25) is 0 Å². The highest BCUT2D eigenvalue weighted by atomic mass is 16.2. The van der Waals surface area contributed by atoms with Gasteiger partial charge in [-0.15, -0.1) is 0 Å². The normalized spacial score (nSPS) is 13.7. The molecule has 0 aliphatic carbocycles. The number of anilines is 3. The molecular weight excluding hydrogens is 338 g/mol. The lowest BCUT2D eigenvalue weighted by Gasteiger charge is -2.20. The Labute approximate surface area is 160 Å². The molecule has 0 spiro atoms. The summed E-state index contributed by atoms with van der Waals surface area (Å²) in [4.78, 5) is 26.4. The van der Waals surface area contributed by atoms with E-state index in [1.165, 1.54) is 0 Å². The molecule has 3 rings (SSSR count). The monoisotopic (exact) mass is 365 g/mol. The number of carbonyl (C=O) groups excluding carboxylic acids is 2. The quantitative estimate of drug-likeness (QED) is 0.780. The van der Waals surface area contributed by atoms with E-state index in [9.17, 15) is 9.59 Å². The van der Waals surface area contributed by atoms with Crippen molar-refractivity contribution in [3.05, 3.63) is 53.6 Å². The Morgan fingerprint density at radius 3 is 2.37 bits per heavy atom. The number of benzene rings is 2. The van der Waals surface area contributed by atoms with E-state index in [-0.39, 0.29) is 18.4 Å². The van der Waals surface area contributed by atoms with Gasteiger partial charge in [-0.2, -0.15) is 0 Å². The van der Waals surface area contributed by atoms with E-state index in [0.29, 0.717) is 6.42 Å². The number of hydrogen-bond donors (Lipinski definition) is 2. The van der Waals surface area contributed by atoms with Crippen molar-refractivity contribution >= 4 is 28.9 Å². The lowest BCUT2D eigenvalue weighted by atomic mass is 10.0. The highest BCUT2D eigenvalue weighted by molar-refractivity contribution is 6.00. The zero-order chi connectivity index (χ0) is 19.2. The van der Waals surface area contributed by atoms with Crippen LogP contribution in [-0.4, -0.2) is 24.9 Å². The van der Waals surface area contributed by atoms with Crippen LogP contribution < -0.4 is 15.5 Å². The van der Waals surface area contributed by atoms with Gasteiger partial charge in [-0.05, 0) is 42.5 Å². The lowest BCUT2D eigenvalue weighted by Crippen LogP contribution is -2.27. The fourth-order valence-electron chi connectivity index (χ4n) is 3.52. The first kappa shape index (κ1) is 19.0. The van der Waals surface area contributed by atoms with Crippen LogP contribution >= 0.6 is 0 Å². The van der Waals surface area contributed by atoms with Gasteiger partial charge < -0.3 is 15.5 Å². The van der Waals surface area contributed by atoms with Crippen molar-refractivity contribution in [1.82, 2.24) is 0 Å². The first-order valence-electron chi connectivity index (χ1n) is 9.68. The molecule has 27 heavy (non-hydrogen) atoms. The summed E-state index contributed by atoms with van der Waals surface area (Å²) in [6, 6.07) is 13.8. The van der Waals surface area contributed by atoms with Crippen LogP contribution in [0.15, 0.2) is 42.5 Å². The number of rotatable bonds is 7. The zero-order valence-corrected chi connectivity index (χ0v) is 16.0. The van der Waals surface area contributed by atoms with Gasteiger partial charge in [0.05, 0.1) is 17.9 Å². The summed E-state index contributed by atoms with van der Waals surface area (Å²) in [5.41, 5.74) is 4.87. The summed E-state index contributed by atoms with van der Waals surface area (Å²) in [7, 11) is 0. The number of hydrogen-bond acceptors (Lipinski definition) is 3. The molecule has 2 N–H and O–H groups in total. The Hall–Kier alpha value is -2.82. The van der Waals surface area contributed by atoms with Crippen LogP contribution in [-0.2, 0) is 22.4 Å². The third-order valence-electron chi connectivity index (χ3n) is 4.97. The molecule has 2 aromatic carbocycles. The molecule has 1 aliphatic rings. The fraction of sp³-hybridized carbons (Fsp3) is 0.364. The van der Waals surface area contributed by atoms with Crippen LogP contribution in [0, 0.1) is 0 Å². The minimum absolute atomic E-state index is 0.0897. The van der Waals surface area contributed by atoms with Crippen molar-refractivity contribution in [2.24, 2.45) is 0 Å². The average Bonchev–Trinajstić information content (AvgIpc) is 3.12. The topological polar surface area (TPSA) is 61.4 Å². The number of para-hydroxylation sites is 3. The molecule has 0 atom stereocenters. The van der Waals surface area contributed by atoms with Crippen LogP contribution in [0.3, 0.4) is 0 Å². The molecule has 0 radical (unpaired) electrons. The van der Waals surface area contributed by atoms with E-state index >= 15 is 0 Å². The van der Waals surface area contributed by atoms with Gasteiger partial charge in [-0.1, -0.05) is 44.2 Å². The maximum Gasteiger partial charge on any atom is 0.243 e. The van der Waals surface area contributed by atoms with Crippen molar-refractivity contribution in [3.8, 4) is 0 Å². The van der Waals surface area contributed by atoms with Crippen molar-refractivity contribution in [2.45, 2.75) is 39.5 Å². The first-order valence-corrected chi connectivity index (χ1v) is 9.68. The van der Waals surface area contributed by atoms with E-state index in [1.807, 2.05) is 30.3 Å². The lowest BCUT2D eigenvalue weighted by molar-refractivity contribution is -0.117. The molecule has 0 bridgehead atoms. The van der Waals surface area contributed by atoms with Gasteiger partial charge in [-0.25, -0.2) is 0 Å². The molecule has 2 amide bonds. The number of nitrogens with one attached hydrogen (secondary N) is 2. The van der Waals surface area contributed by atoms with Gasteiger partial charge in [0.25, 0.3) is 0 Å². The number of nitrogens with zero attached hydrogens (tertiary/aromatic N) is 1. The Morgan fingerprint density at radius 1 is 1.04 bits per heavy atom. The summed E-state index contributed by atoms with van der Waals surface area (Å²) in [5, 5.41) is 6.27. The second kappa shape index (κ2) is 8.71. The highest BCUT2D eigenvalue weighted by Crippen LogP contribution is 2.29. The molecular formula is C22H27N3O2. The molecule has 1 saturated heterocycles. The molecule has 0 saturated carbocycles. The van der Waals surface area contributed by atoms with Crippen LogP contribution in [0.5, 0.6) is 0 Å². The predicted molar refractivity (Wildman–Crippen MR) is 110 cm³/mol. The third kappa shape index (κ3) is 4.30. The number of aryl methyl sites for hydroxylation is 2. The van der Waals surface area contributed by atoms with E-state index < -0.39 is 0 Å². The van der Waals surface area contributed by atoms with E-state index in [1.54, 1.807) is 4.90 Å². The molecule has 142 valence electrons. The summed E-state index contributed by atoms with van der Waals surface area (Å²) in [6.45, 7) is 5.06.